The van der Waals surface area contributed by atoms with Gasteiger partial charge in [-0.3, -0.25) is 9.69 Å². The van der Waals surface area contributed by atoms with Crippen LogP contribution in [0.25, 0.3) is 0 Å². The van der Waals surface area contributed by atoms with E-state index in [9.17, 15) is 4.79 Å². The fourth-order valence-corrected chi connectivity index (χ4v) is 0.744. The minimum absolute atomic E-state index is 0.136. The average Bonchev–Trinajstić information content (AvgIpc) is 1.86. The van der Waals surface area contributed by atoms with Gasteiger partial charge in [0.2, 0.25) is 0 Å². The minimum Gasteiger partial charge on any atom is -0.371 e. The molecule has 0 atom stereocenters. The molecule has 0 spiro atoms. The Morgan fingerprint density at radius 2 is 2.27 bits per heavy atom. The zero-order valence-electron chi connectivity index (χ0n) is 7.04. The van der Waals surface area contributed by atoms with Crippen LogP contribution in [-0.2, 0) is 9.53 Å². The van der Waals surface area contributed by atoms with E-state index >= 15 is 0 Å². The molecule has 1 N–H and O–H groups in total. The van der Waals surface area contributed by atoms with E-state index in [1.54, 1.807) is 6.92 Å². The van der Waals surface area contributed by atoms with Crippen LogP contribution >= 0.6 is 0 Å². The molecule has 0 bridgehead atoms. The van der Waals surface area contributed by atoms with Crippen LogP contribution in [0.4, 0.5) is 0 Å². The van der Waals surface area contributed by atoms with Crippen molar-refractivity contribution in [3.63, 3.8) is 0 Å². The van der Waals surface area contributed by atoms with Crippen molar-refractivity contribution in [3.8, 4) is 0 Å². The van der Waals surface area contributed by atoms with Crippen molar-refractivity contribution in [2.45, 2.75) is 6.92 Å². The largest absolute Gasteiger partial charge is 0.371 e. The number of Topliss-reactive ketones (excluding diaryl/α,β-unsaturated/α-hetero) is 1. The lowest BCUT2D eigenvalue weighted by molar-refractivity contribution is -0.118. The fraction of sp³-hybridized carbons (Fsp3) is 0.857. The number of ketones is 1. The smallest absolute Gasteiger partial charge is 0.143 e. The third-order valence-electron chi connectivity index (χ3n) is 1.20. The van der Waals surface area contributed by atoms with Gasteiger partial charge < -0.3 is 9.84 Å². The third kappa shape index (κ3) is 7.45. The quantitative estimate of drug-likeness (QED) is 0.420. The predicted molar refractivity (Wildman–Crippen MR) is 41.2 cm³/mol. The second-order valence-corrected chi connectivity index (χ2v) is 2.48. The lowest BCUT2D eigenvalue weighted by Crippen LogP contribution is -2.28. The zero-order chi connectivity index (χ0) is 8.69. The second kappa shape index (κ2) is 6.27. The molecule has 0 heterocycles. The van der Waals surface area contributed by atoms with Gasteiger partial charge in [0.05, 0.1) is 13.2 Å². The van der Waals surface area contributed by atoms with E-state index < -0.39 is 0 Å². The Hall–Kier alpha value is -0.450. The summed E-state index contributed by atoms with van der Waals surface area (Å²) in [6.45, 7) is 2.85. The molecule has 0 radical (unpaired) electrons. The number of aliphatic hydroxyl groups excluding tert-OH is 1. The molecule has 66 valence electrons. The molecule has 4 nitrogen and oxygen atoms in total. The highest BCUT2D eigenvalue weighted by Gasteiger charge is 1.99. The number of nitrogens with zero attached hydrogens (tertiary/aromatic N) is 1. The molecule has 4 heteroatoms. The van der Waals surface area contributed by atoms with Gasteiger partial charge in [0.1, 0.15) is 12.6 Å². The number of likely N-dealkylation sites (N-methyl/N-ethyl adjacent to an activating group) is 1. The first-order valence-electron chi connectivity index (χ1n) is 3.53. The summed E-state index contributed by atoms with van der Waals surface area (Å²) in [7, 11) is 1.84. The van der Waals surface area contributed by atoms with Crippen molar-refractivity contribution in [1.29, 1.82) is 0 Å². The first-order valence-corrected chi connectivity index (χ1v) is 3.53. The van der Waals surface area contributed by atoms with Gasteiger partial charge >= 0.3 is 0 Å². The molecule has 0 unspecified atom stereocenters. The van der Waals surface area contributed by atoms with Gasteiger partial charge in [-0.15, -0.1) is 0 Å². The van der Waals surface area contributed by atoms with Gasteiger partial charge in [-0.1, -0.05) is 0 Å². The molecule has 0 aliphatic carbocycles. The SMILES string of the molecule is CC(=O)CN(C)CCOCO. The van der Waals surface area contributed by atoms with Crippen LogP contribution in [0.2, 0.25) is 0 Å². The number of hydrogen-bond acceptors (Lipinski definition) is 4. The first kappa shape index (κ1) is 10.6. The number of carbonyl (C=O) groups is 1. The summed E-state index contributed by atoms with van der Waals surface area (Å²) in [5.74, 6) is 0.136. The molecule has 0 amide bonds. The zero-order valence-corrected chi connectivity index (χ0v) is 7.04. The maximum atomic E-state index is 10.6. The van der Waals surface area contributed by atoms with Crippen molar-refractivity contribution in [3.05, 3.63) is 0 Å². The maximum absolute atomic E-state index is 10.6. The predicted octanol–water partition coefficient (Wildman–Crippen LogP) is -0.526. The van der Waals surface area contributed by atoms with Gasteiger partial charge in [-0.25, -0.2) is 0 Å². The van der Waals surface area contributed by atoms with E-state index in [2.05, 4.69) is 4.74 Å². The van der Waals surface area contributed by atoms with E-state index in [1.165, 1.54) is 0 Å². The van der Waals surface area contributed by atoms with Crippen LogP contribution < -0.4 is 0 Å². The van der Waals surface area contributed by atoms with Gasteiger partial charge in [-0.05, 0) is 14.0 Å². The Kier molecular flexibility index (Phi) is 6.02. The minimum atomic E-state index is -0.256. The molecule has 0 aromatic carbocycles. The summed E-state index contributed by atoms with van der Waals surface area (Å²) in [6, 6.07) is 0. The number of carbonyl (C=O) groups excluding carboxylic acids is 1. The van der Waals surface area contributed by atoms with Gasteiger partial charge in [-0.2, -0.15) is 0 Å². The summed E-state index contributed by atoms with van der Waals surface area (Å²) in [5.41, 5.74) is 0. The molecule has 0 aromatic heterocycles. The number of aliphatic hydroxyl groups is 1. The molecule has 0 aliphatic rings. The summed E-state index contributed by atoms with van der Waals surface area (Å²) in [4.78, 5) is 12.4. The van der Waals surface area contributed by atoms with Crippen molar-refractivity contribution in [2.24, 2.45) is 0 Å². The third-order valence-corrected chi connectivity index (χ3v) is 1.20. The van der Waals surface area contributed by atoms with E-state index in [4.69, 9.17) is 5.11 Å². The molecule has 0 aliphatic heterocycles. The van der Waals surface area contributed by atoms with Crippen molar-refractivity contribution < 1.29 is 14.6 Å². The summed E-state index contributed by atoms with van der Waals surface area (Å²) >= 11 is 0. The normalized spacial score (nSPS) is 10.5. The molecule has 11 heavy (non-hydrogen) atoms. The lowest BCUT2D eigenvalue weighted by atomic mass is 10.4. The standard InChI is InChI=1S/C7H15NO3/c1-7(10)5-8(2)3-4-11-6-9/h9H,3-6H2,1-2H3. The Labute approximate surface area is 66.8 Å². The summed E-state index contributed by atoms with van der Waals surface area (Å²) in [5, 5.41) is 8.25. The first-order chi connectivity index (χ1) is 5.16. The highest BCUT2D eigenvalue weighted by molar-refractivity contribution is 5.77. The van der Waals surface area contributed by atoms with Crippen molar-refractivity contribution in [2.75, 3.05) is 33.5 Å². The lowest BCUT2D eigenvalue weighted by Gasteiger charge is -2.13. The Morgan fingerprint density at radius 1 is 1.64 bits per heavy atom. The van der Waals surface area contributed by atoms with E-state index in [-0.39, 0.29) is 12.6 Å². The van der Waals surface area contributed by atoms with E-state index in [1.807, 2.05) is 11.9 Å². The number of ether oxygens (including phenoxy) is 1. The van der Waals surface area contributed by atoms with Crippen LogP contribution in [0.3, 0.4) is 0 Å². The van der Waals surface area contributed by atoms with Crippen LogP contribution in [0.1, 0.15) is 6.92 Å². The average molecular weight is 161 g/mol. The van der Waals surface area contributed by atoms with E-state index in [0.717, 1.165) is 0 Å². The molecule has 0 saturated heterocycles. The number of hydrogen-bond donors (Lipinski definition) is 1. The maximum Gasteiger partial charge on any atom is 0.143 e. The Morgan fingerprint density at radius 3 is 2.73 bits per heavy atom. The molecule has 0 saturated carbocycles. The molecule has 0 rings (SSSR count). The van der Waals surface area contributed by atoms with Crippen molar-refractivity contribution in [1.82, 2.24) is 4.90 Å². The Balaban J connectivity index is 3.22. The monoisotopic (exact) mass is 161 g/mol. The topological polar surface area (TPSA) is 49.8 Å². The summed E-state index contributed by atoms with van der Waals surface area (Å²) < 4.78 is 4.69. The highest BCUT2D eigenvalue weighted by Crippen LogP contribution is 1.83. The van der Waals surface area contributed by atoms with Gasteiger partial charge in [0.15, 0.2) is 0 Å². The van der Waals surface area contributed by atoms with Crippen molar-refractivity contribution >= 4 is 5.78 Å². The second-order valence-electron chi connectivity index (χ2n) is 2.48. The summed E-state index contributed by atoms with van der Waals surface area (Å²) in [6.07, 6.45) is 0. The van der Waals surface area contributed by atoms with Crippen LogP contribution in [0, 0.1) is 0 Å². The molecule has 0 aromatic rings. The van der Waals surface area contributed by atoms with Gasteiger partial charge in [0, 0.05) is 6.54 Å². The van der Waals surface area contributed by atoms with Crippen LogP contribution in [0.15, 0.2) is 0 Å². The van der Waals surface area contributed by atoms with E-state index in [0.29, 0.717) is 19.7 Å². The molecule has 0 fully saturated rings. The van der Waals surface area contributed by atoms with Crippen LogP contribution in [-0.4, -0.2) is 49.3 Å². The highest BCUT2D eigenvalue weighted by atomic mass is 16.6. The molecular weight excluding hydrogens is 146 g/mol. The fourth-order valence-electron chi connectivity index (χ4n) is 0.744. The molecular formula is C7H15NO3. The Bertz CT molecular complexity index is 116. The number of rotatable bonds is 6. The van der Waals surface area contributed by atoms with Crippen LogP contribution in [0.5, 0.6) is 0 Å². The van der Waals surface area contributed by atoms with Gasteiger partial charge in [0.25, 0.3) is 0 Å².